The number of nitro groups is 1. The molecule has 1 saturated heterocycles. The number of nitro benzene ring substituents is 1. The number of hydrogen-bond donors (Lipinski definition) is 0. The van der Waals surface area contributed by atoms with Gasteiger partial charge in [-0.15, -0.1) is 0 Å². The molecule has 0 spiro atoms. The Morgan fingerprint density at radius 1 is 1.04 bits per heavy atom. The van der Waals surface area contributed by atoms with E-state index in [2.05, 4.69) is 4.90 Å². The third-order valence-corrected chi connectivity index (χ3v) is 6.07. The molecule has 2 bridgehead atoms. The lowest BCUT2D eigenvalue weighted by molar-refractivity contribution is -0.384. The van der Waals surface area contributed by atoms with Gasteiger partial charge in [-0.1, -0.05) is 6.42 Å². The highest BCUT2D eigenvalue weighted by Gasteiger charge is 2.44. The van der Waals surface area contributed by atoms with Crippen molar-refractivity contribution in [1.82, 2.24) is 4.90 Å². The second kappa shape index (κ2) is 6.07. The van der Waals surface area contributed by atoms with E-state index in [0.29, 0.717) is 11.8 Å². The van der Waals surface area contributed by atoms with Gasteiger partial charge in [0.25, 0.3) is 5.69 Å². The lowest BCUT2D eigenvalue weighted by Crippen LogP contribution is -2.51. The van der Waals surface area contributed by atoms with Crippen molar-refractivity contribution in [3.05, 3.63) is 34.4 Å². The SMILES string of the molecule is O=C([C@@H]1C[C@@H]2CC[C@@H]1C2)N1CCN(c2ccc([N+](=O)[O-])cc2)CC1. The number of amides is 1. The average Bonchev–Trinajstić information content (AvgIpc) is 3.25. The molecule has 1 aromatic rings. The van der Waals surface area contributed by atoms with Crippen LogP contribution < -0.4 is 4.90 Å². The van der Waals surface area contributed by atoms with E-state index in [1.54, 1.807) is 24.3 Å². The fraction of sp³-hybridized carbons (Fsp3) is 0.611. The van der Waals surface area contributed by atoms with Crippen molar-refractivity contribution in [3.8, 4) is 0 Å². The highest BCUT2D eigenvalue weighted by Crippen LogP contribution is 2.48. The van der Waals surface area contributed by atoms with E-state index in [4.69, 9.17) is 0 Å². The molecule has 3 aliphatic rings. The van der Waals surface area contributed by atoms with Gasteiger partial charge in [0, 0.05) is 49.9 Å². The molecule has 6 heteroatoms. The van der Waals surface area contributed by atoms with Crippen LogP contribution in [0.15, 0.2) is 24.3 Å². The van der Waals surface area contributed by atoms with E-state index in [1.807, 2.05) is 4.90 Å². The van der Waals surface area contributed by atoms with Crippen LogP contribution in [0.5, 0.6) is 0 Å². The maximum atomic E-state index is 12.8. The Kier molecular flexibility index (Phi) is 3.90. The summed E-state index contributed by atoms with van der Waals surface area (Å²) in [6.45, 7) is 3.10. The molecule has 6 nitrogen and oxygen atoms in total. The van der Waals surface area contributed by atoms with Crippen LogP contribution in [0.1, 0.15) is 25.7 Å². The van der Waals surface area contributed by atoms with Crippen LogP contribution in [-0.4, -0.2) is 41.9 Å². The standard InChI is InChI=1S/C18H23N3O3/c22-18(17-12-13-1-2-14(17)11-13)20-9-7-19(8-10-20)15-3-5-16(6-4-15)21(23)24/h3-6,13-14,17H,1-2,7-12H2/t13-,14-,17-/m1/s1. The summed E-state index contributed by atoms with van der Waals surface area (Å²) in [5.74, 6) is 2.07. The minimum absolute atomic E-state index is 0.115. The number of carbonyl (C=O) groups is 1. The van der Waals surface area contributed by atoms with Gasteiger partial charge in [0.1, 0.15) is 0 Å². The Morgan fingerprint density at radius 3 is 2.29 bits per heavy atom. The van der Waals surface area contributed by atoms with Gasteiger partial charge in [0.2, 0.25) is 5.91 Å². The number of hydrogen-bond acceptors (Lipinski definition) is 4. The zero-order valence-electron chi connectivity index (χ0n) is 13.8. The Labute approximate surface area is 141 Å². The summed E-state index contributed by atoms with van der Waals surface area (Å²) in [5, 5.41) is 10.7. The quantitative estimate of drug-likeness (QED) is 0.632. The van der Waals surface area contributed by atoms with E-state index in [9.17, 15) is 14.9 Å². The van der Waals surface area contributed by atoms with Gasteiger partial charge >= 0.3 is 0 Å². The maximum Gasteiger partial charge on any atom is 0.269 e. The molecule has 3 atom stereocenters. The van der Waals surface area contributed by atoms with Crippen LogP contribution in [0.3, 0.4) is 0 Å². The highest BCUT2D eigenvalue weighted by molar-refractivity contribution is 5.80. The van der Waals surface area contributed by atoms with Crippen molar-refractivity contribution in [2.75, 3.05) is 31.1 Å². The summed E-state index contributed by atoms with van der Waals surface area (Å²) < 4.78 is 0. The fourth-order valence-corrected chi connectivity index (χ4v) is 4.75. The molecule has 2 aliphatic carbocycles. The molecule has 0 unspecified atom stereocenters. The normalized spacial score (nSPS) is 29.1. The molecule has 1 aliphatic heterocycles. The Hall–Kier alpha value is -2.11. The number of rotatable bonds is 3. The Balaban J connectivity index is 1.34. The molecule has 24 heavy (non-hydrogen) atoms. The van der Waals surface area contributed by atoms with Crippen molar-refractivity contribution < 1.29 is 9.72 Å². The molecule has 1 aromatic carbocycles. The van der Waals surface area contributed by atoms with E-state index >= 15 is 0 Å². The first-order chi connectivity index (χ1) is 11.6. The topological polar surface area (TPSA) is 66.7 Å². The molecule has 2 saturated carbocycles. The maximum absolute atomic E-state index is 12.8. The smallest absolute Gasteiger partial charge is 0.269 e. The lowest BCUT2D eigenvalue weighted by Gasteiger charge is -2.38. The summed E-state index contributed by atoms with van der Waals surface area (Å²) in [5.41, 5.74) is 1.11. The van der Waals surface area contributed by atoms with Crippen LogP contribution in [0.4, 0.5) is 11.4 Å². The second-order valence-electron chi connectivity index (χ2n) is 7.37. The van der Waals surface area contributed by atoms with Crippen LogP contribution in [0.25, 0.3) is 0 Å². The molecule has 3 fully saturated rings. The first-order valence-electron chi connectivity index (χ1n) is 8.90. The van der Waals surface area contributed by atoms with Gasteiger partial charge < -0.3 is 9.80 Å². The number of nitrogens with zero attached hydrogens (tertiary/aromatic N) is 3. The summed E-state index contributed by atoms with van der Waals surface area (Å²) in [6.07, 6.45) is 4.93. The molecule has 128 valence electrons. The second-order valence-corrected chi connectivity index (χ2v) is 7.37. The minimum atomic E-state index is -0.379. The number of anilines is 1. The molecule has 0 aromatic heterocycles. The number of benzene rings is 1. The molecule has 4 rings (SSSR count). The average molecular weight is 329 g/mol. The van der Waals surface area contributed by atoms with E-state index < -0.39 is 0 Å². The number of carbonyl (C=O) groups excluding carboxylic acids is 1. The van der Waals surface area contributed by atoms with E-state index in [1.165, 1.54) is 19.3 Å². The molecule has 1 amide bonds. The first-order valence-corrected chi connectivity index (χ1v) is 8.90. The van der Waals surface area contributed by atoms with Gasteiger partial charge in [-0.3, -0.25) is 14.9 Å². The molecular weight excluding hydrogens is 306 g/mol. The number of piperazine rings is 1. The molecule has 0 radical (unpaired) electrons. The van der Waals surface area contributed by atoms with Gasteiger partial charge in [0.15, 0.2) is 0 Å². The van der Waals surface area contributed by atoms with Crippen molar-refractivity contribution in [1.29, 1.82) is 0 Å². The zero-order valence-corrected chi connectivity index (χ0v) is 13.8. The van der Waals surface area contributed by atoms with Gasteiger partial charge in [-0.05, 0) is 43.2 Å². The van der Waals surface area contributed by atoms with Crippen LogP contribution in [0, 0.1) is 27.9 Å². The Morgan fingerprint density at radius 2 is 1.75 bits per heavy atom. The van der Waals surface area contributed by atoms with Crippen LogP contribution in [0.2, 0.25) is 0 Å². The summed E-state index contributed by atoms with van der Waals surface area (Å²) in [6, 6.07) is 6.68. The highest BCUT2D eigenvalue weighted by atomic mass is 16.6. The van der Waals surface area contributed by atoms with E-state index in [0.717, 1.165) is 44.2 Å². The van der Waals surface area contributed by atoms with Crippen molar-refractivity contribution in [2.45, 2.75) is 25.7 Å². The predicted octanol–water partition coefficient (Wildman–Crippen LogP) is 2.68. The fourth-order valence-electron chi connectivity index (χ4n) is 4.75. The van der Waals surface area contributed by atoms with Gasteiger partial charge in [0.05, 0.1) is 4.92 Å². The zero-order chi connectivity index (χ0) is 16.7. The summed E-state index contributed by atoms with van der Waals surface area (Å²) in [4.78, 5) is 27.4. The molecular formula is C18H23N3O3. The molecule has 1 heterocycles. The van der Waals surface area contributed by atoms with Crippen LogP contribution in [-0.2, 0) is 4.79 Å². The number of non-ortho nitro benzene ring substituents is 1. The summed E-state index contributed by atoms with van der Waals surface area (Å²) >= 11 is 0. The third kappa shape index (κ3) is 2.74. The molecule has 0 N–H and O–H groups in total. The lowest BCUT2D eigenvalue weighted by atomic mass is 9.87. The van der Waals surface area contributed by atoms with Crippen LogP contribution >= 0.6 is 0 Å². The minimum Gasteiger partial charge on any atom is -0.368 e. The number of fused-ring (bicyclic) bond motifs is 2. The predicted molar refractivity (Wildman–Crippen MR) is 90.8 cm³/mol. The van der Waals surface area contributed by atoms with Gasteiger partial charge in [-0.2, -0.15) is 0 Å². The Bertz CT molecular complexity index is 637. The third-order valence-electron chi connectivity index (χ3n) is 6.07. The van der Waals surface area contributed by atoms with Crippen molar-refractivity contribution in [3.63, 3.8) is 0 Å². The van der Waals surface area contributed by atoms with E-state index in [-0.39, 0.29) is 16.5 Å². The largest absolute Gasteiger partial charge is 0.368 e. The van der Waals surface area contributed by atoms with Crippen molar-refractivity contribution in [2.24, 2.45) is 17.8 Å². The van der Waals surface area contributed by atoms with Crippen molar-refractivity contribution >= 4 is 17.3 Å². The summed E-state index contributed by atoms with van der Waals surface area (Å²) in [7, 11) is 0. The van der Waals surface area contributed by atoms with Gasteiger partial charge in [-0.25, -0.2) is 0 Å². The first kappa shape index (κ1) is 15.4. The monoisotopic (exact) mass is 329 g/mol.